The second kappa shape index (κ2) is 7.09. The van der Waals surface area contributed by atoms with Crippen LogP contribution >= 0.6 is 0 Å². The van der Waals surface area contributed by atoms with Gasteiger partial charge in [0.25, 0.3) is 0 Å². The predicted octanol–water partition coefficient (Wildman–Crippen LogP) is 2.75. The first-order valence-corrected chi connectivity index (χ1v) is 9.63. The van der Waals surface area contributed by atoms with Crippen LogP contribution in [0.25, 0.3) is 16.9 Å². The number of piperazine rings is 1. The van der Waals surface area contributed by atoms with Crippen LogP contribution < -0.4 is 4.90 Å². The normalized spacial score (nSPS) is 15.4. The topological polar surface area (TPSA) is 65.3 Å². The molecule has 1 saturated heterocycles. The third-order valence-electron chi connectivity index (χ3n) is 5.32. The number of hydrogen-bond acceptors (Lipinski definition) is 5. The van der Waals surface area contributed by atoms with E-state index in [1.807, 2.05) is 13.0 Å². The molecule has 0 bridgehead atoms. The van der Waals surface area contributed by atoms with Crippen LogP contribution in [0.1, 0.15) is 11.3 Å². The van der Waals surface area contributed by atoms with Crippen LogP contribution in [-0.4, -0.2) is 55.6 Å². The molecule has 0 aliphatic carbocycles. The lowest BCUT2D eigenvalue weighted by Crippen LogP contribution is -2.46. The van der Waals surface area contributed by atoms with Gasteiger partial charge in [0.15, 0.2) is 0 Å². The summed E-state index contributed by atoms with van der Waals surface area (Å²) in [6.07, 6.45) is 3.66. The van der Waals surface area contributed by atoms with Crippen molar-refractivity contribution in [2.45, 2.75) is 13.5 Å². The second-order valence-electron chi connectivity index (χ2n) is 7.29. The van der Waals surface area contributed by atoms with E-state index in [0.29, 0.717) is 0 Å². The molecule has 3 aromatic heterocycles. The lowest BCUT2D eigenvalue weighted by Gasteiger charge is -2.34. The maximum absolute atomic E-state index is 4.58. The quantitative estimate of drug-likeness (QED) is 0.596. The summed E-state index contributed by atoms with van der Waals surface area (Å²) in [6.45, 7) is 6.94. The van der Waals surface area contributed by atoms with Gasteiger partial charge in [0.1, 0.15) is 12.0 Å². The molecule has 4 aromatic rings. The molecule has 1 fully saturated rings. The Bertz CT molecular complexity index is 1080. The molecule has 0 atom stereocenters. The van der Waals surface area contributed by atoms with Crippen LogP contribution in [0.4, 0.5) is 5.95 Å². The molecule has 0 amide bonds. The third-order valence-corrected chi connectivity index (χ3v) is 5.32. The maximum atomic E-state index is 4.58. The Morgan fingerprint density at radius 2 is 1.89 bits per heavy atom. The molecule has 1 N–H and O–H groups in total. The molecule has 0 saturated carbocycles. The number of aryl methyl sites for hydroxylation is 1. The predicted molar refractivity (Wildman–Crippen MR) is 109 cm³/mol. The molecule has 1 aromatic carbocycles. The lowest BCUT2D eigenvalue weighted by atomic mass is 10.1. The Hall–Kier alpha value is -3.19. The van der Waals surface area contributed by atoms with Crippen molar-refractivity contribution < 1.29 is 0 Å². The van der Waals surface area contributed by atoms with Crippen molar-refractivity contribution >= 4 is 11.6 Å². The first-order valence-electron chi connectivity index (χ1n) is 9.63. The van der Waals surface area contributed by atoms with Crippen LogP contribution in [-0.2, 0) is 6.54 Å². The highest BCUT2D eigenvalue weighted by atomic mass is 15.4. The van der Waals surface area contributed by atoms with E-state index in [4.69, 9.17) is 0 Å². The number of aromatic amines is 1. The van der Waals surface area contributed by atoms with Gasteiger partial charge in [-0.15, -0.1) is 0 Å². The van der Waals surface area contributed by atoms with Crippen LogP contribution in [0.5, 0.6) is 0 Å². The molecule has 28 heavy (non-hydrogen) atoms. The molecule has 1 aliphatic rings. The van der Waals surface area contributed by atoms with Crippen LogP contribution in [0.15, 0.2) is 55.0 Å². The molecule has 0 radical (unpaired) electrons. The zero-order valence-electron chi connectivity index (χ0n) is 15.9. The highest BCUT2D eigenvalue weighted by molar-refractivity contribution is 5.64. The number of H-pyrrole nitrogens is 1. The number of rotatable bonds is 4. The van der Waals surface area contributed by atoms with Crippen molar-refractivity contribution in [3.05, 3.63) is 66.2 Å². The van der Waals surface area contributed by atoms with E-state index < -0.39 is 0 Å². The fourth-order valence-corrected chi connectivity index (χ4v) is 3.92. The number of aromatic nitrogens is 5. The zero-order chi connectivity index (χ0) is 18.9. The molecule has 1 aliphatic heterocycles. The van der Waals surface area contributed by atoms with E-state index in [9.17, 15) is 0 Å². The van der Waals surface area contributed by atoms with Gasteiger partial charge in [-0.05, 0) is 36.2 Å². The minimum atomic E-state index is 0.866. The summed E-state index contributed by atoms with van der Waals surface area (Å²) in [6, 6.07) is 15.1. The number of hydrogen-bond donors (Lipinski definition) is 1. The molecule has 0 unspecified atom stereocenters. The fourth-order valence-electron chi connectivity index (χ4n) is 3.92. The number of imidazole rings is 1. The van der Waals surface area contributed by atoms with E-state index in [2.05, 4.69) is 77.0 Å². The summed E-state index contributed by atoms with van der Waals surface area (Å²) >= 11 is 0. The Morgan fingerprint density at radius 3 is 2.71 bits per heavy atom. The monoisotopic (exact) mass is 373 g/mol. The van der Waals surface area contributed by atoms with Crippen molar-refractivity contribution in [1.82, 2.24) is 29.5 Å². The molecule has 7 heteroatoms. The van der Waals surface area contributed by atoms with Gasteiger partial charge in [-0.2, -0.15) is 10.1 Å². The fraction of sp³-hybridized carbons (Fsp3) is 0.286. The zero-order valence-corrected chi connectivity index (χ0v) is 15.9. The highest BCUT2D eigenvalue weighted by Gasteiger charge is 2.19. The van der Waals surface area contributed by atoms with E-state index in [0.717, 1.165) is 50.0 Å². The van der Waals surface area contributed by atoms with Gasteiger partial charge in [-0.1, -0.05) is 24.3 Å². The summed E-state index contributed by atoms with van der Waals surface area (Å²) in [5.41, 5.74) is 5.76. The molecular weight excluding hydrogens is 350 g/mol. The number of benzene rings is 1. The van der Waals surface area contributed by atoms with Crippen LogP contribution in [0.3, 0.4) is 0 Å². The van der Waals surface area contributed by atoms with Gasteiger partial charge in [0.05, 0.1) is 11.4 Å². The molecular formula is C21H23N7. The van der Waals surface area contributed by atoms with Crippen molar-refractivity contribution in [2.75, 3.05) is 31.1 Å². The minimum absolute atomic E-state index is 0.866. The van der Waals surface area contributed by atoms with Crippen LogP contribution in [0, 0.1) is 6.92 Å². The Kier molecular flexibility index (Phi) is 4.29. The second-order valence-corrected chi connectivity index (χ2v) is 7.29. The number of pyridine rings is 1. The Balaban J connectivity index is 1.32. The number of nitrogens with one attached hydrogen (secondary N) is 1. The average Bonchev–Trinajstić information content (AvgIpc) is 3.37. The number of fused-ring (bicyclic) bond motifs is 1. The van der Waals surface area contributed by atoms with Gasteiger partial charge < -0.3 is 4.90 Å². The largest absolute Gasteiger partial charge is 0.339 e. The average molecular weight is 373 g/mol. The highest BCUT2D eigenvalue weighted by Crippen LogP contribution is 2.23. The third kappa shape index (κ3) is 3.25. The first kappa shape index (κ1) is 16.9. The number of nitrogens with zero attached hydrogens (tertiary/aromatic N) is 6. The van der Waals surface area contributed by atoms with Crippen molar-refractivity contribution in [3.63, 3.8) is 0 Å². The molecule has 0 spiro atoms. The summed E-state index contributed by atoms with van der Waals surface area (Å²) in [7, 11) is 0. The summed E-state index contributed by atoms with van der Waals surface area (Å²) in [4.78, 5) is 13.6. The van der Waals surface area contributed by atoms with E-state index in [1.165, 1.54) is 16.8 Å². The smallest absolute Gasteiger partial charge is 0.221 e. The van der Waals surface area contributed by atoms with E-state index >= 15 is 0 Å². The molecule has 142 valence electrons. The molecule has 5 rings (SSSR count). The van der Waals surface area contributed by atoms with Gasteiger partial charge in [-0.3, -0.25) is 9.30 Å². The molecule has 7 nitrogen and oxygen atoms in total. The summed E-state index contributed by atoms with van der Waals surface area (Å²) in [5, 5.41) is 6.90. The number of anilines is 1. The lowest BCUT2D eigenvalue weighted by molar-refractivity contribution is 0.249. The van der Waals surface area contributed by atoms with Crippen molar-refractivity contribution in [3.8, 4) is 11.3 Å². The minimum Gasteiger partial charge on any atom is -0.339 e. The van der Waals surface area contributed by atoms with Gasteiger partial charge >= 0.3 is 0 Å². The first-order chi connectivity index (χ1) is 13.8. The summed E-state index contributed by atoms with van der Waals surface area (Å²) in [5.74, 6) is 0.866. The van der Waals surface area contributed by atoms with E-state index in [1.54, 1.807) is 6.33 Å². The van der Waals surface area contributed by atoms with Crippen LogP contribution in [0.2, 0.25) is 0 Å². The van der Waals surface area contributed by atoms with Gasteiger partial charge in [0, 0.05) is 38.9 Å². The van der Waals surface area contributed by atoms with Gasteiger partial charge in [-0.25, -0.2) is 10.1 Å². The Labute approximate surface area is 163 Å². The standard InChI is InChI=1S/C21H23N7/c1-16-13-28-19(6-3-7-20(28)24-16)18-5-2-4-17(12-18)14-26-8-10-27(11-9-26)21-22-15-23-25-21/h2-7,12-13,15H,8-11,14H2,1H3,(H,22,23,25). The van der Waals surface area contributed by atoms with Crippen molar-refractivity contribution in [2.24, 2.45) is 0 Å². The molecule has 4 heterocycles. The summed E-state index contributed by atoms with van der Waals surface area (Å²) < 4.78 is 2.17. The van der Waals surface area contributed by atoms with Crippen molar-refractivity contribution in [1.29, 1.82) is 0 Å². The maximum Gasteiger partial charge on any atom is 0.221 e. The Morgan fingerprint density at radius 1 is 1.04 bits per heavy atom. The SMILES string of the molecule is Cc1cn2c(-c3cccc(CN4CCN(c5ncn[nH]5)CC4)c3)cccc2n1. The van der Waals surface area contributed by atoms with E-state index in [-0.39, 0.29) is 0 Å². The van der Waals surface area contributed by atoms with Gasteiger partial charge in [0.2, 0.25) is 5.95 Å².